The van der Waals surface area contributed by atoms with Gasteiger partial charge in [-0.2, -0.15) is 0 Å². The van der Waals surface area contributed by atoms with Gasteiger partial charge in [0, 0.05) is 5.70 Å². The number of rotatable bonds is 1. The first-order chi connectivity index (χ1) is 6.18. The summed E-state index contributed by atoms with van der Waals surface area (Å²) < 4.78 is 0. The second-order valence-electron chi connectivity index (χ2n) is 4.21. The molecule has 13 heavy (non-hydrogen) atoms. The van der Waals surface area contributed by atoms with Gasteiger partial charge in [-0.15, -0.1) is 0 Å². The third-order valence-electron chi connectivity index (χ3n) is 3.29. The van der Waals surface area contributed by atoms with Gasteiger partial charge in [0.2, 0.25) is 0 Å². The quantitative estimate of drug-likeness (QED) is 0.405. The second-order valence-corrected chi connectivity index (χ2v) is 4.21. The van der Waals surface area contributed by atoms with Crippen molar-refractivity contribution in [2.24, 2.45) is 29.3 Å². The Morgan fingerprint density at radius 1 is 1.08 bits per heavy atom. The van der Waals surface area contributed by atoms with Crippen LogP contribution in [0.25, 0.3) is 0 Å². The summed E-state index contributed by atoms with van der Waals surface area (Å²) in [7, 11) is 0. The Balaban J connectivity index is 2.07. The van der Waals surface area contributed by atoms with Crippen molar-refractivity contribution in [3.8, 4) is 0 Å². The van der Waals surface area contributed by atoms with Crippen LogP contribution in [0.15, 0.2) is 11.4 Å². The number of nitrogens with zero attached hydrogens (tertiary/aromatic N) is 1. The normalized spacial score (nSPS) is 38.9. The van der Waals surface area contributed by atoms with E-state index in [9.17, 15) is 0 Å². The SMILES string of the molecule is N/C1=C(\N(N)N)CCC2CC2CC1. The Hall–Kier alpha value is -0.740. The van der Waals surface area contributed by atoms with E-state index in [0.29, 0.717) is 0 Å². The molecule has 4 nitrogen and oxygen atoms in total. The highest BCUT2D eigenvalue weighted by atomic mass is 15.6. The summed E-state index contributed by atoms with van der Waals surface area (Å²) >= 11 is 0. The molecule has 4 heteroatoms. The van der Waals surface area contributed by atoms with E-state index in [2.05, 4.69) is 0 Å². The van der Waals surface area contributed by atoms with Crippen molar-refractivity contribution in [3.05, 3.63) is 11.4 Å². The lowest BCUT2D eigenvalue weighted by atomic mass is 10.0. The molecule has 2 unspecified atom stereocenters. The minimum atomic E-state index is 0.885. The Morgan fingerprint density at radius 2 is 1.69 bits per heavy atom. The minimum Gasteiger partial charge on any atom is -0.401 e. The molecule has 1 saturated carbocycles. The van der Waals surface area contributed by atoms with Crippen molar-refractivity contribution in [2.45, 2.75) is 32.1 Å². The Labute approximate surface area is 78.7 Å². The van der Waals surface area contributed by atoms with Crippen LogP contribution in [-0.4, -0.2) is 5.12 Å². The van der Waals surface area contributed by atoms with E-state index in [4.69, 9.17) is 17.4 Å². The lowest BCUT2D eigenvalue weighted by Crippen LogP contribution is -2.38. The van der Waals surface area contributed by atoms with Crippen LogP contribution in [0, 0.1) is 11.8 Å². The molecule has 0 radical (unpaired) electrons. The van der Waals surface area contributed by atoms with Crippen LogP contribution in [0.5, 0.6) is 0 Å². The van der Waals surface area contributed by atoms with Gasteiger partial charge in [0.05, 0.1) is 5.70 Å². The molecular weight excluding hydrogens is 164 g/mol. The largest absolute Gasteiger partial charge is 0.401 e. The molecule has 74 valence electrons. The average molecular weight is 182 g/mol. The van der Waals surface area contributed by atoms with E-state index in [1.165, 1.54) is 24.4 Å². The zero-order chi connectivity index (χ0) is 9.42. The highest BCUT2D eigenvalue weighted by Crippen LogP contribution is 2.47. The van der Waals surface area contributed by atoms with Crippen molar-refractivity contribution in [3.63, 3.8) is 0 Å². The maximum atomic E-state index is 5.91. The predicted molar refractivity (Wildman–Crippen MR) is 51.5 cm³/mol. The zero-order valence-electron chi connectivity index (χ0n) is 7.87. The van der Waals surface area contributed by atoms with Crippen LogP contribution in [0.2, 0.25) is 0 Å². The van der Waals surface area contributed by atoms with E-state index < -0.39 is 0 Å². The van der Waals surface area contributed by atoms with Crippen LogP contribution >= 0.6 is 0 Å². The van der Waals surface area contributed by atoms with Gasteiger partial charge in [0.1, 0.15) is 0 Å². The number of allylic oxidation sites excluding steroid dienone is 2. The van der Waals surface area contributed by atoms with Gasteiger partial charge in [-0.25, -0.2) is 16.8 Å². The van der Waals surface area contributed by atoms with Crippen molar-refractivity contribution >= 4 is 0 Å². The fraction of sp³-hybridized carbons (Fsp3) is 0.778. The molecule has 0 aromatic heterocycles. The molecule has 2 atom stereocenters. The van der Waals surface area contributed by atoms with E-state index in [0.717, 1.165) is 36.1 Å². The van der Waals surface area contributed by atoms with Crippen LogP contribution in [-0.2, 0) is 0 Å². The summed E-state index contributed by atoms with van der Waals surface area (Å²) in [6.07, 6.45) is 5.70. The van der Waals surface area contributed by atoms with Crippen LogP contribution in [0.3, 0.4) is 0 Å². The lowest BCUT2D eigenvalue weighted by Gasteiger charge is -2.20. The number of nitrogens with two attached hydrogens (primary N) is 3. The van der Waals surface area contributed by atoms with Crippen molar-refractivity contribution in [1.82, 2.24) is 5.12 Å². The molecule has 0 aromatic rings. The summed E-state index contributed by atoms with van der Waals surface area (Å²) in [6, 6.07) is 0. The predicted octanol–water partition coefficient (Wildman–Crippen LogP) is 0.416. The first kappa shape index (κ1) is 8.84. The number of hydrogen-bond acceptors (Lipinski definition) is 4. The van der Waals surface area contributed by atoms with Gasteiger partial charge in [-0.05, 0) is 43.9 Å². The van der Waals surface area contributed by atoms with E-state index in [1.54, 1.807) is 0 Å². The summed E-state index contributed by atoms with van der Waals surface area (Å²) in [6.45, 7) is 0. The molecule has 2 rings (SSSR count). The molecule has 0 spiro atoms. The fourth-order valence-corrected chi connectivity index (χ4v) is 2.28. The highest BCUT2D eigenvalue weighted by molar-refractivity contribution is 5.11. The topological polar surface area (TPSA) is 81.3 Å². The Morgan fingerprint density at radius 3 is 2.31 bits per heavy atom. The molecule has 0 saturated heterocycles. The summed E-state index contributed by atoms with van der Waals surface area (Å²) in [5.41, 5.74) is 7.73. The van der Waals surface area contributed by atoms with Gasteiger partial charge in [-0.3, -0.25) is 0 Å². The Bertz CT molecular complexity index is 234. The first-order valence-corrected chi connectivity index (χ1v) is 4.95. The maximum absolute atomic E-state index is 5.91. The van der Waals surface area contributed by atoms with Crippen molar-refractivity contribution in [1.29, 1.82) is 0 Å². The fourth-order valence-electron chi connectivity index (χ4n) is 2.28. The summed E-state index contributed by atoms with van der Waals surface area (Å²) in [5, 5.41) is 1.19. The van der Waals surface area contributed by atoms with Gasteiger partial charge in [-0.1, -0.05) is 0 Å². The Kier molecular flexibility index (Phi) is 2.17. The minimum absolute atomic E-state index is 0.885. The third-order valence-corrected chi connectivity index (χ3v) is 3.29. The summed E-state index contributed by atoms with van der Waals surface area (Å²) in [5.74, 6) is 12.9. The molecular formula is C9H18N4. The third kappa shape index (κ3) is 1.78. The summed E-state index contributed by atoms with van der Waals surface area (Å²) in [4.78, 5) is 0. The maximum Gasteiger partial charge on any atom is 0.0657 e. The standard InChI is InChI=1S/C9H18N4/c10-8-3-1-6-5-7(6)2-4-9(8)13(11)12/h6-7H,1-5,10-12H2/b9-8-. The van der Waals surface area contributed by atoms with Gasteiger partial charge < -0.3 is 5.73 Å². The molecule has 0 bridgehead atoms. The number of fused-ring (bicyclic) bond motifs is 1. The number of hydrogen-bond donors (Lipinski definition) is 3. The number of hydrazine groups is 2. The molecule has 1 fully saturated rings. The smallest absolute Gasteiger partial charge is 0.0657 e. The van der Waals surface area contributed by atoms with Gasteiger partial charge in [0.25, 0.3) is 0 Å². The highest BCUT2D eigenvalue weighted by Gasteiger charge is 2.37. The molecule has 0 heterocycles. The van der Waals surface area contributed by atoms with E-state index in [-0.39, 0.29) is 0 Å². The van der Waals surface area contributed by atoms with Gasteiger partial charge >= 0.3 is 0 Å². The molecule has 6 N–H and O–H groups in total. The second kappa shape index (κ2) is 3.20. The van der Waals surface area contributed by atoms with Crippen LogP contribution < -0.4 is 17.4 Å². The molecule has 0 aromatic carbocycles. The van der Waals surface area contributed by atoms with Crippen molar-refractivity contribution < 1.29 is 0 Å². The first-order valence-electron chi connectivity index (χ1n) is 4.95. The monoisotopic (exact) mass is 182 g/mol. The molecule has 2 aliphatic carbocycles. The van der Waals surface area contributed by atoms with Crippen molar-refractivity contribution in [2.75, 3.05) is 0 Å². The van der Waals surface area contributed by atoms with Gasteiger partial charge in [0.15, 0.2) is 0 Å². The van der Waals surface area contributed by atoms with E-state index in [1.807, 2.05) is 0 Å². The van der Waals surface area contributed by atoms with Crippen LogP contribution in [0.1, 0.15) is 32.1 Å². The average Bonchev–Trinajstić information content (AvgIpc) is 2.76. The molecule has 2 aliphatic rings. The zero-order valence-corrected chi connectivity index (χ0v) is 7.87. The lowest BCUT2D eigenvalue weighted by molar-refractivity contribution is 0.343. The van der Waals surface area contributed by atoms with Crippen LogP contribution in [0.4, 0.5) is 0 Å². The van der Waals surface area contributed by atoms with E-state index >= 15 is 0 Å². The molecule has 0 aliphatic heterocycles. The molecule has 0 amide bonds.